The van der Waals surface area contributed by atoms with Crippen LogP contribution in [0.2, 0.25) is 0 Å². The lowest BCUT2D eigenvalue weighted by Crippen LogP contribution is -2.44. The van der Waals surface area contributed by atoms with Crippen LogP contribution in [-0.2, 0) is 28.7 Å². The third-order valence-electron chi connectivity index (χ3n) is 14.7. The van der Waals surface area contributed by atoms with Crippen molar-refractivity contribution in [2.45, 2.75) is 74.4 Å². The Morgan fingerprint density at radius 2 is 0.889 bits per heavy atom. The predicted molar refractivity (Wildman–Crippen MR) is 286 cm³/mol. The third-order valence-corrected chi connectivity index (χ3v) is 14.7. The third kappa shape index (κ3) is 13.1. The minimum Gasteiger partial charge on any atom is -0.467 e. The van der Waals surface area contributed by atoms with Gasteiger partial charge in [-0.1, -0.05) is 189 Å². The van der Waals surface area contributed by atoms with Crippen molar-refractivity contribution in [2.75, 3.05) is 53.5 Å². The number of halogens is 1. The van der Waals surface area contributed by atoms with E-state index in [9.17, 15) is 19.2 Å². The molecule has 0 aliphatic carbocycles. The van der Waals surface area contributed by atoms with E-state index in [2.05, 4.69) is 71.7 Å². The summed E-state index contributed by atoms with van der Waals surface area (Å²) in [6, 6.07) is 59.6. The molecule has 0 spiro atoms. The minimum absolute atomic E-state index is 0. The monoisotopic (exact) mass is 988 g/mol. The summed E-state index contributed by atoms with van der Waals surface area (Å²) in [6.07, 6.45) is 3.64. The first-order valence-electron chi connectivity index (χ1n) is 25.2. The lowest BCUT2D eigenvalue weighted by Gasteiger charge is -2.28. The number of likely N-dealkylation sites (tertiary alicyclic amines) is 3. The number of benzene rings is 6. The van der Waals surface area contributed by atoms with Crippen LogP contribution >= 0.6 is 12.4 Å². The van der Waals surface area contributed by atoms with E-state index in [-0.39, 0.29) is 48.1 Å². The van der Waals surface area contributed by atoms with Crippen molar-refractivity contribution in [2.24, 2.45) is 5.92 Å². The van der Waals surface area contributed by atoms with E-state index in [4.69, 9.17) is 9.47 Å². The van der Waals surface area contributed by atoms with Crippen LogP contribution in [0.3, 0.4) is 0 Å². The van der Waals surface area contributed by atoms with Crippen molar-refractivity contribution in [1.82, 2.24) is 20.0 Å². The Morgan fingerprint density at radius 3 is 1.29 bits per heavy atom. The zero-order valence-corrected chi connectivity index (χ0v) is 42.5. The van der Waals surface area contributed by atoms with E-state index in [1.54, 1.807) is 9.80 Å². The summed E-state index contributed by atoms with van der Waals surface area (Å²) in [6.45, 7) is 7.43. The number of nitrogens with zero attached hydrogens (tertiary/aromatic N) is 3. The molecule has 0 radical (unpaired) electrons. The molecule has 0 bridgehead atoms. The SMILES string of the molecule is COC(=O)[C@@H]1C[C@@H](C)CN1C(=O)C(c1ccccc1)c1ccccc1.COC(=O)[C@@H]1C[C@H](N2CC[C@@H](c3ccccc3)C2)CN1C(=O)C(c1ccccc1)c1ccccc1.Cl.c1ccc([C@@H]2CCNC2)cc1. The number of hydrogen-bond acceptors (Lipinski definition) is 8. The number of carbonyl (C=O) groups is 4. The van der Waals surface area contributed by atoms with Crippen LogP contribution < -0.4 is 5.32 Å². The molecule has 0 saturated carbocycles. The Labute approximate surface area is 432 Å². The van der Waals surface area contributed by atoms with Crippen molar-refractivity contribution in [3.63, 3.8) is 0 Å². The molecule has 11 heteroatoms. The summed E-state index contributed by atoms with van der Waals surface area (Å²) < 4.78 is 10.1. The van der Waals surface area contributed by atoms with Crippen molar-refractivity contribution >= 4 is 36.2 Å². The summed E-state index contributed by atoms with van der Waals surface area (Å²) in [5.74, 6) is -0.109. The summed E-state index contributed by atoms with van der Waals surface area (Å²) in [4.78, 5) is 58.5. The smallest absolute Gasteiger partial charge is 0.328 e. The molecule has 4 fully saturated rings. The molecule has 10 nitrogen and oxygen atoms in total. The van der Waals surface area contributed by atoms with E-state index < -0.39 is 23.9 Å². The maximum absolute atomic E-state index is 14.1. The van der Waals surface area contributed by atoms with Crippen LogP contribution in [0.15, 0.2) is 182 Å². The molecule has 4 heterocycles. The van der Waals surface area contributed by atoms with Gasteiger partial charge in [0.2, 0.25) is 11.8 Å². The Bertz CT molecular complexity index is 2530. The van der Waals surface area contributed by atoms with Gasteiger partial charge < -0.3 is 24.6 Å². The van der Waals surface area contributed by atoms with Gasteiger partial charge in [0.05, 0.1) is 26.1 Å². The Balaban J connectivity index is 0.000000178. The quantitative estimate of drug-likeness (QED) is 0.128. The summed E-state index contributed by atoms with van der Waals surface area (Å²) in [5.41, 5.74) is 6.57. The van der Waals surface area contributed by atoms with Gasteiger partial charge in [0.1, 0.15) is 12.1 Å². The number of carbonyl (C=O) groups excluding carboxylic acids is 4. The molecule has 4 saturated heterocycles. The van der Waals surface area contributed by atoms with E-state index >= 15 is 0 Å². The maximum atomic E-state index is 14.1. The van der Waals surface area contributed by atoms with Gasteiger partial charge in [0.25, 0.3) is 0 Å². The number of ether oxygens (including phenoxy) is 2. The zero-order valence-electron chi connectivity index (χ0n) is 41.7. The van der Waals surface area contributed by atoms with Crippen LogP contribution in [0.4, 0.5) is 0 Å². The molecule has 6 atom stereocenters. The van der Waals surface area contributed by atoms with Crippen molar-refractivity contribution < 1.29 is 28.7 Å². The van der Waals surface area contributed by atoms with Gasteiger partial charge in [-0.25, -0.2) is 9.59 Å². The van der Waals surface area contributed by atoms with Crippen molar-refractivity contribution in [3.05, 3.63) is 215 Å². The highest BCUT2D eigenvalue weighted by atomic mass is 35.5. The Kier molecular flexibility index (Phi) is 19.4. The van der Waals surface area contributed by atoms with E-state index in [0.717, 1.165) is 54.2 Å². The Hall–Kier alpha value is -6.59. The summed E-state index contributed by atoms with van der Waals surface area (Å²) in [5, 5.41) is 3.37. The normalized spacial score (nSPS) is 21.5. The minimum atomic E-state index is -0.566. The molecule has 2 amide bonds. The van der Waals surface area contributed by atoms with Gasteiger partial charge in [0.15, 0.2) is 0 Å². The molecule has 10 rings (SSSR count). The van der Waals surface area contributed by atoms with Crippen molar-refractivity contribution in [1.29, 1.82) is 0 Å². The van der Waals surface area contributed by atoms with Crippen LogP contribution in [0.1, 0.15) is 89.7 Å². The van der Waals surface area contributed by atoms with Gasteiger partial charge in [-0.05, 0) is 89.9 Å². The average molecular weight is 990 g/mol. The molecule has 1 N–H and O–H groups in total. The number of hydrogen-bond donors (Lipinski definition) is 1. The largest absolute Gasteiger partial charge is 0.467 e. The fourth-order valence-corrected chi connectivity index (χ4v) is 11.0. The highest BCUT2D eigenvalue weighted by molar-refractivity contribution is 5.92. The van der Waals surface area contributed by atoms with Gasteiger partial charge in [-0.2, -0.15) is 0 Å². The fourth-order valence-electron chi connectivity index (χ4n) is 11.0. The first-order valence-corrected chi connectivity index (χ1v) is 25.2. The second-order valence-corrected chi connectivity index (χ2v) is 19.3. The van der Waals surface area contributed by atoms with Gasteiger partial charge in [-0.3, -0.25) is 14.5 Å². The van der Waals surface area contributed by atoms with Crippen LogP contribution in [0.5, 0.6) is 0 Å². The van der Waals surface area contributed by atoms with Crippen LogP contribution in [0.25, 0.3) is 0 Å². The van der Waals surface area contributed by atoms with Gasteiger partial charge in [0, 0.05) is 32.2 Å². The molecular weight excluding hydrogens is 920 g/mol. The topological polar surface area (TPSA) is 108 Å². The second-order valence-electron chi connectivity index (χ2n) is 19.3. The summed E-state index contributed by atoms with van der Waals surface area (Å²) >= 11 is 0. The lowest BCUT2D eigenvalue weighted by molar-refractivity contribution is -0.151. The molecule has 72 heavy (non-hydrogen) atoms. The lowest BCUT2D eigenvalue weighted by atomic mass is 9.90. The number of methoxy groups -OCH3 is 2. The predicted octanol–water partition coefficient (Wildman–Crippen LogP) is 9.86. The molecule has 6 aromatic rings. The number of nitrogens with one attached hydrogen (secondary N) is 1. The maximum Gasteiger partial charge on any atom is 0.328 e. The van der Waals surface area contributed by atoms with E-state index in [1.165, 1.54) is 38.3 Å². The molecular formula is C61H69ClN4O6. The molecule has 376 valence electrons. The molecule has 0 aromatic heterocycles. The fraction of sp³-hybridized carbons (Fsp3) is 0.344. The van der Waals surface area contributed by atoms with Crippen molar-refractivity contribution in [3.8, 4) is 0 Å². The van der Waals surface area contributed by atoms with Crippen LogP contribution in [0, 0.1) is 5.92 Å². The standard InChI is InChI=1S/C30H32N2O3.C21H23NO3.C10H13N.ClH/c1-35-30(34)27-19-26(31-18-17-25(20-31)22-11-5-2-6-12-22)21-32(27)29(33)28(23-13-7-3-8-14-23)24-15-9-4-10-16-24;1-15-13-18(21(24)25-2)22(14-15)20(23)19(16-9-5-3-6-10-16)17-11-7-4-8-12-17;1-2-4-9(5-3-1)10-6-7-11-8-10;/h2-16,25-28H,17-21H2,1H3;3-12,15,18-19H,13-14H2,1-2H3;1-5,10-11H,6-8H2;1H/t25-,26+,27+;15-,18+;10-;/m111./s1. The molecule has 0 unspecified atom stereocenters. The van der Waals surface area contributed by atoms with Gasteiger partial charge in [-0.15, -0.1) is 12.4 Å². The first kappa shape index (κ1) is 53.2. The number of rotatable bonds is 11. The van der Waals surface area contributed by atoms with E-state index in [1.807, 2.05) is 127 Å². The average Bonchev–Trinajstić information content (AvgIpc) is 4.29. The highest BCUT2D eigenvalue weighted by Crippen LogP contribution is 2.36. The zero-order chi connectivity index (χ0) is 49.5. The second kappa shape index (κ2) is 26.2. The van der Waals surface area contributed by atoms with E-state index in [0.29, 0.717) is 31.8 Å². The first-order chi connectivity index (χ1) is 34.7. The summed E-state index contributed by atoms with van der Waals surface area (Å²) in [7, 11) is 2.78. The molecule has 4 aliphatic rings. The highest BCUT2D eigenvalue weighted by Gasteiger charge is 2.46. The molecule has 6 aromatic carbocycles. The van der Waals surface area contributed by atoms with Crippen LogP contribution in [-0.4, -0.2) is 110 Å². The molecule has 4 aliphatic heterocycles. The number of amides is 2. The number of esters is 2. The Morgan fingerprint density at radius 1 is 0.500 bits per heavy atom. The van der Waals surface area contributed by atoms with Gasteiger partial charge >= 0.3 is 11.9 Å².